The van der Waals surface area contributed by atoms with Gasteiger partial charge in [0.2, 0.25) is 39.3 Å². The fraction of sp³-hybridized carbons (Fsp3) is 0.0270. The van der Waals surface area contributed by atoms with Crippen molar-refractivity contribution in [2.45, 2.75) is 108 Å². The van der Waals surface area contributed by atoms with Crippen molar-refractivity contribution < 1.29 is 85.6 Å². The normalized spacial score (nSPS) is 15.6. The Morgan fingerprint density at radius 2 is 0.471 bits per heavy atom. The summed E-state index contributed by atoms with van der Waals surface area (Å²) < 4.78 is 262. The van der Waals surface area contributed by atoms with Gasteiger partial charge in [-0.15, -0.1) is 0 Å². The van der Waals surface area contributed by atoms with Crippen LogP contribution in [0, 0.1) is 46.5 Å². The van der Waals surface area contributed by atoms with Crippen LogP contribution < -0.4 is 0 Å². The van der Waals surface area contributed by atoms with Crippen LogP contribution in [0.5, 0.6) is 0 Å². The van der Waals surface area contributed by atoms with Gasteiger partial charge in [-0.25, -0.2) is 85.6 Å². The summed E-state index contributed by atoms with van der Waals surface area (Å²) in [7, 11) is -26.5. The van der Waals surface area contributed by atoms with Crippen LogP contribution in [0.15, 0.2) is 362 Å². The zero-order valence-corrected chi connectivity index (χ0v) is 61.4. The molecule has 0 spiro atoms. The molecule has 0 saturated carbocycles. The minimum Gasteiger partial charge on any atom is -0.224 e. The van der Waals surface area contributed by atoms with Crippen molar-refractivity contribution in [3.8, 4) is 0 Å². The Balaban J connectivity index is 0.000000123. The second kappa shape index (κ2) is 27.9. The zero-order chi connectivity index (χ0) is 74.3. The highest BCUT2D eigenvalue weighted by Gasteiger charge is 2.50. The SMILES string of the molecule is CS(=O)(=O)c1c(F)cc([S+]2c3ccccc3S(=O)(=O)c3ccccc32)cc1F.CS(=O)(=O)c1ccc([S+]2c3ccccc3S(=O)(=O)c3ccccc32)cc1F.O=S1(=O)c2ccccc2[S+](c2cc(F)c(F)c(F)c2)c2ccccc21.O=S1(=O)c2ccccc2[S+](c2cc(F)cc(F)c2)c2ccccc21. The summed E-state index contributed by atoms with van der Waals surface area (Å²) in [5.41, 5.74) is 0. The first kappa shape index (κ1) is 73.5. The number of halogens is 8. The molecule has 12 nitrogen and oxygen atoms in total. The molecule has 0 atom stereocenters. The van der Waals surface area contributed by atoms with E-state index in [9.17, 15) is 85.6 Å². The van der Waals surface area contributed by atoms with Crippen molar-refractivity contribution in [2.75, 3.05) is 12.5 Å². The van der Waals surface area contributed by atoms with E-state index in [0.29, 0.717) is 49.0 Å². The molecular weight excluding hydrogens is 1550 g/mol. The highest BCUT2D eigenvalue weighted by Crippen LogP contribution is 2.50. The first-order chi connectivity index (χ1) is 49.2. The third-order valence-corrected chi connectivity index (χ3v) is 36.2. The summed E-state index contributed by atoms with van der Waals surface area (Å²) in [6.45, 7) is 0. The maximum atomic E-state index is 14.5. The van der Waals surface area contributed by atoms with Crippen LogP contribution in [0.1, 0.15) is 0 Å². The number of rotatable bonds is 6. The van der Waals surface area contributed by atoms with Crippen molar-refractivity contribution in [1.29, 1.82) is 0 Å². The number of fused-ring (bicyclic) bond motifs is 8. The van der Waals surface area contributed by atoms with Gasteiger partial charge >= 0.3 is 0 Å². The Morgan fingerprint density at radius 1 is 0.250 bits per heavy atom. The molecule has 0 radical (unpaired) electrons. The van der Waals surface area contributed by atoms with Gasteiger partial charge in [0.15, 0.2) is 95.9 Å². The van der Waals surface area contributed by atoms with E-state index in [4.69, 9.17) is 0 Å². The van der Waals surface area contributed by atoms with E-state index >= 15 is 0 Å². The quantitative estimate of drug-likeness (QED) is 0.0866. The summed E-state index contributed by atoms with van der Waals surface area (Å²) >= 11 is 0. The lowest BCUT2D eigenvalue weighted by atomic mass is 10.3. The predicted molar refractivity (Wildman–Crippen MR) is 374 cm³/mol. The van der Waals surface area contributed by atoms with E-state index in [2.05, 4.69) is 0 Å². The molecule has 0 saturated heterocycles. The average molecular weight is 1600 g/mol. The summed E-state index contributed by atoms with van der Waals surface area (Å²) in [5, 5.41) is 0. The average Bonchev–Trinajstić information content (AvgIpc) is 0.741. The van der Waals surface area contributed by atoms with Crippen LogP contribution in [0.3, 0.4) is 0 Å². The molecule has 0 aromatic heterocycles. The van der Waals surface area contributed by atoms with Crippen molar-refractivity contribution in [2.24, 2.45) is 0 Å². The number of sulfone groups is 6. The first-order valence-corrected chi connectivity index (χ1v) is 44.8. The zero-order valence-electron chi connectivity index (χ0n) is 53.3. The van der Waals surface area contributed by atoms with Gasteiger partial charge in [0.25, 0.3) is 0 Å². The van der Waals surface area contributed by atoms with Crippen molar-refractivity contribution in [3.05, 3.63) is 301 Å². The van der Waals surface area contributed by atoms with Crippen LogP contribution in [-0.2, 0) is 103 Å². The second-order valence-electron chi connectivity index (χ2n) is 23.0. The monoisotopic (exact) mass is 1600 g/mol. The van der Waals surface area contributed by atoms with Gasteiger partial charge in [-0.1, -0.05) is 97.1 Å². The standard InChI is InChI=1S/C19H13F2O4S3.C19H14FO4S3.C18H10F3O2S2.C18H11F2O2S2/c1-27(22,23)19-13(20)10-12(11-14(19)21)26-15-6-2-4-8-17(15)28(24,25)18-9-5-3-7-16(18)26;1-26(21,22)17-11-10-13(12-14(17)20)25-15-6-2-4-8-18(15)27(23,24)19-9-5-3-7-16(19)25;19-12-9-11(10-13(20)18(12)21)24-14-5-1-3-7-16(14)25(22,23)17-8-4-2-6-15(17)24;19-12-9-13(20)11-14(10-12)23-15-5-1-3-7-17(15)24(21,22)18-8-4-2-6-16(18)23/h2-11H,1H3;2-12H,1H3;1-10H;1-11H/q4*+1. The van der Waals surface area contributed by atoms with Gasteiger partial charge < -0.3 is 0 Å². The third kappa shape index (κ3) is 13.3. The van der Waals surface area contributed by atoms with E-state index in [1.807, 2.05) is 0 Å². The van der Waals surface area contributed by atoms with Gasteiger partial charge in [-0.3, -0.25) is 0 Å². The van der Waals surface area contributed by atoms with Crippen LogP contribution in [0.4, 0.5) is 35.1 Å². The van der Waals surface area contributed by atoms with E-state index in [0.717, 1.165) is 42.8 Å². The molecule has 4 heterocycles. The van der Waals surface area contributed by atoms with Gasteiger partial charge in [-0.2, -0.15) is 0 Å². The molecule has 104 heavy (non-hydrogen) atoms. The van der Waals surface area contributed by atoms with Gasteiger partial charge in [0.05, 0.1) is 0 Å². The number of hydrogen-bond donors (Lipinski definition) is 0. The fourth-order valence-electron chi connectivity index (χ4n) is 11.9. The molecule has 528 valence electrons. The molecule has 0 unspecified atom stereocenters. The Labute approximate surface area is 604 Å². The summed E-state index contributed by atoms with van der Waals surface area (Å²) in [5.74, 6) is -8.75. The minimum absolute atomic E-state index is 0.0741. The van der Waals surface area contributed by atoms with E-state index in [1.165, 1.54) is 60.7 Å². The minimum atomic E-state index is -4.09. The highest BCUT2D eigenvalue weighted by molar-refractivity contribution is 8.02. The number of benzene rings is 12. The molecule has 12 aromatic rings. The van der Waals surface area contributed by atoms with Crippen molar-refractivity contribution in [1.82, 2.24) is 0 Å². The van der Waals surface area contributed by atoms with Gasteiger partial charge in [-0.05, 0) is 109 Å². The summed E-state index contributed by atoms with van der Waals surface area (Å²) in [6, 6.07) is 62.9. The maximum Gasteiger partial charge on any atom is 0.216 e. The number of hydrogen-bond acceptors (Lipinski definition) is 12. The van der Waals surface area contributed by atoms with E-state index < -0.39 is 154 Å². The summed E-state index contributed by atoms with van der Waals surface area (Å²) in [6.07, 6.45) is 1.68. The lowest BCUT2D eigenvalue weighted by molar-refractivity contribution is 0.443. The molecule has 0 N–H and O–H groups in total. The first-order valence-electron chi connectivity index (χ1n) is 30.2. The van der Waals surface area contributed by atoms with Crippen molar-refractivity contribution >= 4 is 103 Å². The van der Waals surface area contributed by atoms with Crippen LogP contribution in [0.25, 0.3) is 0 Å². The summed E-state index contributed by atoms with van der Waals surface area (Å²) in [4.78, 5) is 4.99. The molecule has 0 amide bonds. The van der Waals surface area contributed by atoms with Gasteiger partial charge in [0.1, 0.15) is 122 Å². The second-order valence-corrected chi connectivity index (χ2v) is 42.3. The Morgan fingerprint density at radius 3 is 0.712 bits per heavy atom. The highest BCUT2D eigenvalue weighted by atomic mass is 32.2. The molecule has 0 aliphatic carbocycles. The van der Waals surface area contributed by atoms with E-state index in [1.54, 1.807) is 164 Å². The van der Waals surface area contributed by atoms with E-state index in [-0.39, 0.29) is 53.9 Å². The van der Waals surface area contributed by atoms with Gasteiger partial charge in [0, 0.05) is 61.0 Å². The topological polar surface area (TPSA) is 205 Å². The maximum absolute atomic E-state index is 14.5. The lowest BCUT2D eigenvalue weighted by Crippen LogP contribution is -2.20. The lowest BCUT2D eigenvalue weighted by Gasteiger charge is -2.19. The van der Waals surface area contributed by atoms with Crippen LogP contribution in [-0.4, -0.2) is 63.0 Å². The van der Waals surface area contributed by atoms with Crippen LogP contribution in [0.2, 0.25) is 0 Å². The Bertz CT molecular complexity index is 6030. The Hall–Kier alpha value is -8.82. The fourth-order valence-corrected chi connectivity index (χ4v) is 32.4. The molecule has 12 aromatic carbocycles. The Kier molecular flexibility index (Phi) is 19.7. The predicted octanol–water partition coefficient (Wildman–Crippen LogP) is 15.6. The molecule has 4 aliphatic rings. The largest absolute Gasteiger partial charge is 0.224 e. The molecule has 16 rings (SSSR count). The van der Waals surface area contributed by atoms with Crippen LogP contribution >= 0.6 is 0 Å². The molecule has 0 bridgehead atoms. The third-order valence-electron chi connectivity index (χ3n) is 16.3. The molecular formula is C74H48F8O12S10+4. The van der Waals surface area contributed by atoms with Crippen molar-refractivity contribution in [3.63, 3.8) is 0 Å². The molecule has 4 aliphatic heterocycles. The molecule has 30 heteroatoms. The smallest absolute Gasteiger partial charge is 0.216 e. The molecule has 0 fully saturated rings.